The molecule has 0 aliphatic rings. The zero-order chi connectivity index (χ0) is 73.2. The lowest BCUT2D eigenvalue weighted by atomic mass is 10.0. The van der Waals surface area contributed by atoms with E-state index in [1.54, 1.807) is 0 Å². The molecule has 594 valence electrons. The van der Waals surface area contributed by atoms with Gasteiger partial charge in [-0.25, -0.2) is 9.13 Å². The summed E-state index contributed by atoms with van der Waals surface area (Å²) in [5.41, 5.74) is 0. The molecule has 100 heavy (non-hydrogen) atoms. The molecule has 0 amide bonds. The van der Waals surface area contributed by atoms with Gasteiger partial charge in [0.1, 0.15) is 19.3 Å². The van der Waals surface area contributed by atoms with E-state index in [2.05, 4.69) is 27.7 Å². The number of carbonyl (C=O) groups is 4. The third kappa shape index (κ3) is 74.3. The minimum Gasteiger partial charge on any atom is -0.462 e. The molecule has 17 nitrogen and oxygen atoms in total. The Labute approximate surface area is 613 Å². The van der Waals surface area contributed by atoms with Crippen molar-refractivity contribution in [2.24, 2.45) is 0 Å². The molecule has 0 aromatic carbocycles. The van der Waals surface area contributed by atoms with E-state index in [0.717, 1.165) is 89.9 Å². The van der Waals surface area contributed by atoms with Crippen LogP contribution in [-0.4, -0.2) is 96.7 Å². The molecule has 5 atom stereocenters. The lowest BCUT2D eigenvalue weighted by Gasteiger charge is -2.21. The highest BCUT2D eigenvalue weighted by molar-refractivity contribution is 7.47. The first-order valence-electron chi connectivity index (χ1n) is 42.3. The van der Waals surface area contributed by atoms with Crippen LogP contribution >= 0.6 is 15.6 Å². The zero-order valence-corrected chi connectivity index (χ0v) is 67.0. The number of ether oxygens (including phenoxy) is 4. The third-order valence-electron chi connectivity index (χ3n) is 19.1. The fourth-order valence-corrected chi connectivity index (χ4v) is 14.2. The van der Waals surface area contributed by atoms with Crippen LogP contribution in [0.3, 0.4) is 0 Å². The van der Waals surface area contributed by atoms with Crippen molar-refractivity contribution in [1.29, 1.82) is 0 Å². The second-order valence-corrected chi connectivity index (χ2v) is 32.1. The third-order valence-corrected chi connectivity index (χ3v) is 21.0. The summed E-state index contributed by atoms with van der Waals surface area (Å²) in [6.45, 7) is 5.02. The van der Waals surface area contributed by atoms with Crippen LogP contribution in [0.25, 0.3) is 0 Å². The molecule has 0 fully saturated rings. The van der Waals surface area contributed by atoms with Gasteiger partial charge in [-0.15, -0.1) is 0 Å². The van der Waals surface area contributed by atoms with Crippen LogP contribution in [0.4, 0.5) is 0 Å². The summed E-state index contributed by atoms with van der Waals surface area (Å²) < 4.78 is 68.7. The minimum atomic E-state index is -4.96. The molecule has 0 aromatic heterocycles. The molecule has 19 heteroatoms. The van der Waals surface area contributed by atoms with E-state index >= 15 is 0 Å². The van der Waals surface area contributed by atoms with Crippen molar-refractivity contribution in [2.45, 2.75) is 457 Å². The van der Waals surface area contributed by atoms with Crippen LogP contribution < -0.4 is 0 Å². The van der Waals surface area contributed by atoms with Gasteiger partial charge in [-0.3, -0.25) is 37.3 Å². The highest BCUT2D eigenvalue weighted by Crippen LogP contribution is 2.45. The fourth-order valence-electron chi connectivity index (χ4n) is 12.6. The summed E-state index contributed by atoms with van der Waals surface area (Å²) in [4.78, 5) is 73.0. The van der Waals surface area contributed by atoms with E-state index < -0.39 is 97.5 Å². The van der Waals surface area contributed by atoms with Crippen LogP contribution in [-0.2, 0) is 65.4 Å². The van der Waals surface area contributed by atoms with Crippen molar-refractivity contribution in [1.82, 2.24) is 0 Å². The van der Waals surface area contributed by atoms with Crippen LogP contribution in [0, 0.1) is 0 Å². The summed E-state index contributed by atoms with van der Waals surface area (Å²) >= 11 is 0. The number of aliphatic hydroxyl groups excluding tert-OH is 1. The van der Waals surface area contributed by atoms with Crippen LogP contribution in [0.2, 0.25) is 0 Å². The first-order valence-corrected chi connectivity index (χ1v) is 45.3. The largest absolute Gasteiger partial charge is 0.472 e. The molecule has 0 saturated heterocycles. The smallest absolute Gasteiger partial charge is 0.462 e. The number of unbranched alkanes of at least 4 members (excludes halogenated alkanes) is 56. The van der Waals surface area contributed by atoms with Gasteiger partial charge < -0.3 is 33.8 Å². The second-order valence-electron chi connectivity index (χ2n) is 29.2. The number of hydrogen-bond donors (Lipinski definition) is 3. The zero-order valence-electron chi connectivity index (χ0n) is 65.2. The molecule has 3 N–H and O–H groups in total. The number of carbonyl (C=O) groups excluding carboxylic acids is 4. The normalized spacial score (nSPS) is 13.8. The molecule has 0 bridgehead atoms. The summed E-state index contributed by atoms with van der Waals surface area (Å²) in [6, 6.07) is 0. The number of hydrogen-bond acceptors (Lipinski definition) is 15. The molecule has 0 aliphatic heterocycles. The van der Waals surface area contributed by atoms with E-state index in [1.807, 2.05) is 0 Å². The molecular formula is C81H158O17P2. The molecule has 0 aromatic rings. The predicted molar refractivity (Wildman–Crippen MR) is 409 cm³/mol. The number of rotatable bonds is 82. The average molecular weight is 1470 g/mol. The topological polar surface area (TPSA) is 237 Å². The Morgan fingerprint density at radius 3 is 0.590 bits per heavy atom. The van der Waals surface area contributed by atoms with E-state index in [4.69, 9.17) is 37.0 Å². The van der Waals surface area contributed by atoms with Crippen LogP contribution in [0.15, 0.2) is 0 Å². The van der Waals surface area contributed by atoms with Crippen molar-refractivity contribution < 1.29 is 80.2 Å². The van der Waals surface area contributed by atoms with Crippen molar-refractivity contribution in [2.75, 3.05) is 39.6 Å². The Hall–Kier alpha value is -1.94. The van der Waals surface area contributed by atoms with E-state index in [-0.39, 0.29) is 25.7 Å². The van der Waals surface area contributed by atoms with Crippen molar-refractivity contribution in [3.8, 4) is 0 Å². The number of esters is 4. The minimum absolute atomic E-state index is 0.108. The van der Waals surface area contributed by atoms with E-state index in [0.29, 0.717) is 25.7 Å². The summed E-state index contributed by atoms with van der Waals surface area (Å²) in [5.74, 6) is -2.10. The lowest BCUT2D eigenvalue weighted by Crippen LogP contribution is -2.30. The maximum Gasteiger partial charge on any atom is 0.472 e. The highest BCUT2D eigenvalue weighted by atomic mass is 31.2. The van der Waals surface area contributed by atoms with Gasteiger partial charge in [0.2, 0.25) is 0 Å². The first kappa shape index (κ1) is 98.1. The van der Waals surface area contributed by atoms with Gasteiger partial charge >= 0.3 is 39.5 Å². The molecule has 0 rings (SSSR count). The van der Waals surface area contributed by atoms with Crippen LogP contribution in [0.5, 0.6) is 0 Å². The quantitative estimate of drug-likeness (QED) is 0.0222. The van der Waals surface area contributed by atoms with Crippen molar-refractivity contribution >= 4 is 39.5 Å². The number of phosphoric ester groups is 2. The van der Waals surface area contributed by atoms with Gasteiger partial charge in [0.25, 0.3) is 0 Å². The standard InChI is InChI=1S/C81H158O17P2/c1-5-9-13-17-21-25-29-31-33-35-37-38-40-42-44-48-52-56-60-64-68-81(86)98-77(72-92-79(84)66-62-58-54-50-47-43-41-39-36-34-32-30-26-22-18-14-10-6-2)74-96-100(89,90)94-70-75(82)69-93-99(87,88)95-73-76(97-80(85)67-63-59-55-51-46-28-24-20-16-12-8-4)71-91-78(83)65-61-57-53-49-45-27-23-19-15-11-7-3/h75-77,82H,5-74H2,1-4H3,(H,87,88)(H,89,90)/t75-,76+,77+/m0/s1. The molecular weight excluding hydrogens is 1310 g/mol. The number of aliphatic hydroxyl groups is 1. The highest BCUT2D eigenvalue weighted by Gasteiger charge is 2.30. The molecule has 0 radical (unpaired) electrons. The maximum atomic E-state index is 13.1. The molecule has 2 unspecified atom stereocenters. The van der Waals surface area contributed by atoms with Gasteiger partial charge in [-0.1, -0.05) is 387 Å². The summed E-state index contributed by atoms with van der Waals surface area (Å²) in [6.07, 6.45) is 68.0. The van der Waals surface area contributed by atoms with Crippen molar-refractivity contribution in [3.63, 3.8) is 0 Å². The Morgan fingerprint density at radius 2 is 0.400 bits per heavy atom. The molecule has 0 spiro atoms. The van der Waals surface area contributed by atoms with E-state index in [1.165, 1.54) is 270 Å². The van der Waals surface area contributed by atoms with Gasteiger partial charge in [-0.05, 0) is 25.7 Å². The van der Waals surface area contributed by atoms with Crippen molar-refractivity contribution in [3.05, 3.63) is 0 Å². The predicted octanol–water partition coefficient (Wildman–Crippen LogP) is 24.6. The molecule has 0 saturated carbocycles. The fraction of sp³-hybridized carbons (Fsp3) is 0.951. The van der Waals surface area contributed by atoms with Gasteiger partial charge in [0, 0.05) is 25.7 Å². The summed E-state index contributed by atoms with van der Waals surface area (Å²) in [7, 11) is -9.91. The maximum absolute atomic E-state index is 13.1. The SMILES string of the molecule is CCCCCCCCCCCCCCCCCCCCCCC(=O)O[C@H](COC(=O)CCCCCCCCCCCCCCCCCCCC)COP(=O)(O)OC[C@@H](O)COP(=O)(O)OC[C@@H](COC(=O)CCCCCCCCCCCCC)OC(=O)CCCCCCCCCCCCC. The Morgan fingerprint density at radius 1 is 0.240 bits per heavy atom. The molecule has 0 heterocycles. The second kappa shape index (κ2) is 75.3. The Kier molecular flexibility index (Phi) is 73.8. The first-order chi connectivity index (χ1) is 48.7. The Balaban J connectivity index is 5.21. The lowest BCUT2D eigenvalue weighted by molar-refractivity contribution is -0.161. The summed E-state index contributed by atoms with van der Waals surface area (Å²) in [5, 5.41) is 10.6. The van der Waals surface area contributed by atoms with Gasteiger partial charge in [0.15, 0.2) is 12.2 Å². The van der Waals surface area contributed by atoms with Gasteiger partial charge in [0.05, 0.1) is 26.4 Å². The Bertz CT molecular complexity index is 1890. The average Bonchev–Trinajstić information content (AvgIpc) is 0.938. The van der Waals surface area contributed by atoms with Gasteiger partial charge in [-0.2, -0.15) is 0 Å². The van der Waals surface area contributed by atoms with E-state index in [9.17, 15) is 43.2 Å². The monoisotopic (exact) mass is 1470 g/mol. The molecule has 0 aliphatic carbocycles. The van der Waals surface area contributed by atoms with Crippen LogP contribution in [0.1, 0.15) is 439 Å². The number of phosphoric acid groups is 2.